The van der Waals surface area contributed by atoms with E-state index in [2.05, 4.69) is 4.90 Å². The Labute approximate surface area is 170 Å². The maximum absolute atomic E-state index is 11.9. The van der Waals surface area contributed by atoms with Crippen LogP contribution in [-0.4, -0.2) is 115 Å². The topological polar surface area (TPSA) is 95.7 Å². The lowest BCUT2D eigenvalue weighted by atomic mass is 10.2. The highest BCUT2D eigenvalue weighted by molar-refractivity contribution is 5.67. The van der Waals surface area contributed by atoms with Crippen LogP contribution in [0.3, 0.4) is 0 Å². The molecule has 0 aliphatic rings. The molecule has 0 aliphatic carbocycles. The molecule has 0 heterocycles. The van der Waals surface area contributed by atoms with Gasteiger partial charge in [-0.15, -0.1) is 0 Å². The van der Waals surface area contributed by atoms with Crippen LogP contribution in [0.1, 0.15) is 20.8 Å². The molecule has 0 saturated heterocycles. The number of likely N-dealkylation sites (N-methyl/N-ethyl adjacent to an activating group) is 2. The van der Waals surface area contributed by atoms with Gasteiger partial charge in [-0.05, 0) is 27.8 Å². The van der Waals surface area contributed by atoms with Gasteiger partial charge in [0.15, 0.2) is 0 Å². The van der Waals surface area contributed by atoms with Crippen LogP contribution in [0.5, 0.6) is 0 Å². The van der Waals surface area contributed by atoms with Gasteiger partial charge in [-0.2, -0.15) is 0 Å². The van der Waals surface area contributed by atoms with E-state index in [4.69, 9.17) is 29.4 Å². The maximum atomic E-state index is 11.9. The first-order valence-electron chi connectivity index (χ1n) is 9.90. The Hall–Kier alpha value is -0.970. The van der Waals surface area contributed by atoms with Crippen molar-refractivity contribution < 1.29 is 28.5 Å². The number of hydrogen-bond donors (Lipinski definition) is 1. The summed E-state index contributed by atoms with van der Waals surface area (Å²) in [6.45, 7) is 12.5. The van der Waals surface area contributed by atoms with Gasteiger partial charge >= 0.3 is 6.09 Å². The molecule has 0 spiro atoms. The molecule has 0 radical (unpaired) electrons. The number of carbonyl (C=O) groups excluding carboxylic acids is 1. The van der Waals surface area contributed by atoms with Crippen LogP contribution in [0.2, 0.25) is 0 Å². The Morgan fingerprint density at radius 1 is 0.786 bits per heavy atom. The molecule has 0 bridgehead atoms. The van der Waals surface area contributed by atoms with Crippen molar-refractivity contribution in [1.82, 2.24) is 9.80 Å². The molecular weight excluding hydrogens is 366 g/mol. The van der Waals surface area contributed by atoms with Gasteiger partial charge in [0.25, 0.3) is 0 Å². The van der Waals surface area contributed by atoms with Crippen molar-refractivity contribution in [1.29, 1.82) is 0 Å². The molecule has 0 aromatic heterocycles. The fourth-order valence-electron chi connectivity index (χ4n) is 1.95. The third-order valence-electron chi connectivity index (χ3n) is 3.60. The molecule has 0 aromatic rings. The van der Waals surface area contributed by atoms with Crippen LogP contribution < -0.4 is 5.73 Å². The van der Waals surface area contributed by atoms with Crippen molar-refractivity contribution in [2.24, 2.45) is 5.73 Å². The Kier molecular flexibility index (Phi) is 16.4. The van der Waals surface area contributed by atoms with Crippen LogP contribution >= 0.6 is 0 Å². The highest BCUT2D eigenvalue weighted by Crippen LogP contribution is 2.05. The summed E-state index contributed by atoms with van der Waals surface area (Å²) in [6.07, 6.45) is -0.351. The zero-order valence-corrected chi connectivity index (χ0v) is 18.4. The van der Waals surface area contributed by atoms with Gasteiger partial charge in [-0.25, -0.2) is 4.79 Å². The fraction of sp³-hybridized carbons (Fsp3) is 0.947. The predicted octanol–water partition coefficient (Wildman–Crippen LogP) is 0.810. The summed E-state index contributed by atoms with van der Waals surface area (Å²) in [4.78, 5) is 15.6. The van der Waals surface area contributed by atoms with Crippen molar-refractivity contribution in [2.45, 2.75) is 26.4 Å². The van der Waals surface area contributed by atoms with E-state index in [1.54, 1.807) is 11.9 Å². The highest BCUT2D eigenvalue weighted by atomic mass is 16.6. The minimum Gasteiger partial charge on any atom is -0.447 e. The van der Waals surface area contributed by atoms with Crippen LogP contribution in [-0.2, 0) is 23.7 Å². The second-order valence-electron chi connectivity index (χ2n) is 7.43. The van der Waals surface area contributed by atoms with Crippen molar-refractivity contribution in [3.05, 3.63) is 0 Å². The number of nitrogens with two attached hydrogens (primary N) is 1. The molecule has 0 saturated carbocycles. The number of amides is 1. The first kappa shape index (κ1) is 27.0. The second kappa shape index (κ2) is 16.9. The predicted molar refractivity (Wildman–Crippen MR) is 109 cm³/mol. The van der Waals surface area contributed by atoms with Crippen LogP contribution in [0.25, 0.3) is 0 Å². The van der Waals surface area contributed by atoms with E-state index < -0.39 is 0 Å². The number of nitrogens with zero attached hydrogens (tertiary/aromatic N) is 2. The van der Waals surface area contributed by atoms with Gasteiger partial charge in [-0.3, -0.25) is 0 Å². The first-order chi connectivity index (χ1) is 13.3. The van der Waals surface area contributed by atoms with Crippen LogP contribution in [0.15, 0.2) is 0 Å². The Bertz CT molecular complexity index is 379. The van der Waals surface area contributed by atoms with Crippen molar-refractivity contribution in [3.63, 3.8) is 0 Å². The van der Waals surface area contributed by atoms with E-state index in [0.29, 0.717) is 59.3 Å². The van der Waals surface area contributed by atoms with E-state index in [-0.39, 0.29) is 18.3 Å². The molecule has 0 atom stereocenters. The minimum absolute atomic E-state index is 0.130. The van der Waals surface area contributed by atoms with Gasteiger partial charge in [0, 0.05) is 33.2 Å². The number of rotatable bonds is 17. The summed E-state index contributed by atoms with van der Waals surface area (Å²) in [5.41, 5.74) is 5.18. The molecule has 0 rings (SSSR count). The Morgan fingerprint density at radius 2 is 1.32 bits per heavy atom. The standard InChI is InChI=1S/C19H41N3O6/c1-19(2,3)28-11-9-21(4)7-8-22(5)18(23)27-17-16-26-15-14-25-13-12-24-10-6-20/h6-17,20H2,1-5H3. The molecule has 168 valence electrons. The lowest BCUT2D eigenvalue weighted by Gasteiger charge is -2.24. The first-order valence-corrected chi connectivity index (χ1v) is 9.90. The highest BCUT2D eigenvalue weighted by Gasteiger charge is 2.12. The average Bonchev–Trinajstić information content (AvgIpc) is 2.62. The zero-order valence-electron chi connectivity index (χ0n) is 18.4. The second-order valence-corrected chi connectivity index (χ2v) is 7.43. The Balaban J connectivity index is 3.53. The molecule has 0 aliphatic heterocycles. The molecular formula is C19H41N3O6. The largest absolute Gasteiger partial charge is 0.447 e. The van der Waals surface area contributed by atoms with E-state index in [1.165, 1.54) is 0 Å². The van der Waals surface area contributed by atoms with E-state index in [1.807, 2.05) is 27.8 Å². The van der Waals surface area contributed by atoms with Crippen molar-refractivity contribution in [2.75, 3.05) is 93.1 Å². The maximum Gasteiger partial charge on any atom is 0.409 e. The monoisotopic (exact) mass is 407 g/mol. The molecule has 0 fully saturated rings. The third kappa shape index (κ3) is 18.4. The molecule has 2 N–H and O–H groups in total. The van der Waals surface area contributed by atoms with Crippen molar-refractivity contribution in [3.8, 4) is 0 Å². The van der Waals surface area contributed by atoms with Gasteiger partial charge in [0.2, 0.25) is 0 Å². The van der Waals surface area contributed by atoms with E-state index in [0.717, 1.165) is 13.1 Å². The quantitative estimate of drug-likeness (QED) is 0.354. The van der Waals surface area contributed by atoms with Crippen LogP contribution in [0, 0.1) is 0 Å². The summed E-state index contributed by atoms with van der Waals surface area (Å²) in [5.74, 6) is 0. The number of carbonyl (C=O) groups is 1. The Morgan fingerprint density at radius 3 is 1.86 bits per heavy atom. The lowest BCUT2D eigenvalue weighted by molar-refractivity contribution is -0.0113. The summed E-state index contributed by atoms with van der Waals surface area (Å²) in [7, 11) is 3.73. The summed E-state index contributed by atoms with van der Waals surface area (Å²) >= 11 is 0. The molecule has 9 heteroatoms. The summed E-state index contributed by atoms with van der Waals surface area (Å²) in [6, 6.07) is 0. The SMILES string of the molecule is CN(CCOC(C)(C)C)CCN(C)C(=O)OCCOCCOCCOCCN. The van der Waals surface area contributed by atoms with E-state index in [9.17, 15) is 4.79 Å². The van der Waals surface area contributed by atoms with Crippen molar-refractivity contribution >= 4 is 6.09 Å². The van der Waals surface area contributed by atoms with Gasteiger partial charge in [-0.1, -0.05) is 0 Å². The normalized spacial score (nSPS) is 11.8. The molecule has 9 nitrogen and oxygen atoms in total. The van der Waals surface area contributed by atoms with Gasteiger partial charge in [0.05, 0.1) is 51.8 Å². The summed E-state index contributed by atoms with van der Waals surface area (Å²) < 4.78 is 26.7. The number of hydrogen-bond acceptors (Lipinski definition) is 8. The summed E-state index contributed by atoms with van der Waals surface area (Å²) in [5, 5.41) is 0. The molecule has 1 amide bonds. The fourth-order valence-corrected chi connectivity index (χ4v) is 1.95. The zero-order chi connectivity index (χ0) is 21.3. The molecule has 0 unspecified atom stereocenters. The smallest absolute Gasteiger partial charge is 0.409 e. The molecule has 28 heavy (non-hydrogen) atoms. The third-order valence-corrected chi connectivity index (χ3v) is 3.60. The minimum atomic E-state index is -0.351. The van der Waals surface area contributed by atoms with Gasteiger partial charge in [0.1, 0.15) is 6.61 Å². The van der Waals surface area contributed by atoms with E-state index >= 15 is 0 Å². The van der Waals surface area contributed by atoms with Gasteiger partial charge < -0.3 is 39.2 Å². The lowest BCUT2D eigenvalue weighted by Crippen LogP contribution is -2.37. The van der Waals surface area contributed by atoms with Crippen LogP contribution in [0.4, 0.5) is 4.79 Å². The average molecular weight is 408 g/mol. The molecule has 0 aromatic carbocycles. The number of ether oxygens (including phenoxy) is 5.